The molecule has 294 valence electrons. The monoisotopic (exact) mass is 700 g/mol. The highest BCUT2D eigenvalue weighted by Gasteiger charge is 2.41. The van der Waals surface area contributed by atoms with E-state index in [0.29, 0.717) is 10.4 Å². The number of amidine groups is 1. The van der Waals surface area contributed by atoms with E-state index in [2.05, 4.69) is 27.0 Å². The van der Waals surface area contributed by atoms with Gasteiger partial charge >= 0.3 is 5.91 Å². The van der Waals surface area contributed by atoms with Crippen LogP contribution in [-0.4, -0.2) is 22.8 Å². The number of hydrogen-bond donors (Lipinski definition) is 0. The molecule has 1 aliphatic heterocycles. The Hall–Kier alpha value is -0.960. The normalized spacial score (nSPS) is 15.7. The maximum atomic E-state index is 14.0. The first-order valence-electron chi connectivity index (χ1n) is 23.4. The average Bonchev–Trinajstić information content (AvgIpc) is 3.54. The number of quaternary nitrogens is 1. The van der Waals surface area contributed by atoms with Crippen LogP contribution in [0.25, 0.3) is 0 Å². The molecular weight excluding hydrogens is 609 g/mol. The van der Waals surface area contributed by atoms with Crippen molar-refractivity contribution in [3.8, 4) is 0 Å². The van der Waals surface area contributed by atoms with Gasteiger partial charge in [0.05, 0.1) is 19.2 Å². The van der Waals surface area contributed by atoms with Crippen molar-refractivity contribution in [3.05, 3.63) is 12.4 Å². The SMILES string of the molecule is CCCCCCCCCCCCCCCC[N+]1(C(=O)CCCCCCCCCCCCC)C=CN=C1CCCCCCCCCCCCCC. The molecule has 0 N–H and O–H groups in total. The lowest BCUT2D eigenvalue weighted by Gasteiger charge is -2.30. The lowest BCUT2D eigenvalue weighted by molar-refractivity contribution is -0.708. The Morgan fingerprint density at radius 3 is 1.08 bits per heavy atom. The number of rotatable bonds is 40. The van der Waals surface area contributed by atoms with Gasteiger partial charge in [0, 0.05) is 6.42 Å². The molecule has 3 nitrogen and oxygen atoms in total. The van der Waals surface area contributed by atoms with E-state index in [1.807, 2.05) is 6.20 Å². The lowest BCUT2D eigenvalue weighted by atomic mass is 10.0. The molecule has 1 amide bonds. The van der Waals surface area contributed by atoms with Gasteiger partial charge in [-0.3, -0.25) is 0 Å². The highest BCUT2D eigenvalue weighted by Crippen LogP contribution is 2.26. The smallest absolute Gasteiger partial charge is 0.230 e. The molecule has 0 bridgehead atoms. The van der Waals surface area contributed by atoms with Crippen LogP contribution >= 0.6 is 0 Å². The van der Waals surface area contributed by atoms with Gasteiger partial charge < -0.3 is 0 Å². The first-order valence-corrected chi connectivity index (χ1v) is 23.4. The van der Waals surface area contributed by atoms with Crippen molar-refractivity contribution in [1.29, 1.82) is 0 Å². The highest BCUT2D eigenvalue weighted by atomic mass is 16.2. The van der Waals surface area contributed by atoms with Crippen molar-refractivity contribution in [1.82, 2.24) is 0 Å². The second kappa shape index (κ2) is 36.4. The van der Waals surface area contributed by atoms with Gasteiger partial charge in [0.15, 0.2) is 0 Å². The highest BCUT2D eigenvalue weighted by molar-refractivity contribution is 5.90. The standard InChI is InChI=1S/C47H91N2O/c1-4-7-10-13-16-19-22-24-25-28-31-34-37-40-44-49(47(50)42-39-36-33-30-26-21-18-15-12-9-6-3)45-43-48-46(49)41-38-35-32-29-27-23-20-17-14-11-8-5-2/h43,45H,4-42,44H2,1-3H3/q+1. The van der Waals surface area contributed by atoms with E-state index in [-0.39, 0.29) is 0 Å². The van der Waals surface area contributed by atoms with Crippen molar-refractivity contribution in [2.75, 3.05) is 6.54 Å². The maximum absolute atomic E-state index is 14.0. The molecule has 0 fully saturated rings. The summed E-state index contributed by atoms with van der Waals surface area (Å²) in [6.45, 7) is 7.83. The average molecular weight is 700 g/mol. The number of carbonyl (C=O) groups is 1. The summed E-state index contributed by atoms with van der Waals surface area (Å²) in [5, 5.41) is 0. The number of aliphatic imine (C=N–C) groups is 1. The Labute approximate surface area is 315 Å². The van der Waals surface area contributed by atoms with Crippen LogP contribution in [0.3, 0.4) is 0 Å². The largest absolute Gasteiger partial charge is 0.324 e. The molecule has 0 radical (unpaired) electrons. The van der Waals surface area contributed by atoms with Crippen LogP contribution < -0.4 is 0 Å². The molecule has 1 heterocycles. The maximum Gasteiger partial charge on any atom is 0.324 e. The fraction of sp³-hybridized carbons (Fsp3) is 0.915. The third-order valence-electron chi connectivity index (χ3n) is 11.6. The third kappa shape index (κ3) is 25.9. The van der Waals surface area contributed by atoms with Crippen LogP contribution in [0.2, 0.25) is 0 Å². The Balaban J connectivity index is 2.37. The molecule has 0 aromatic carbocycles. The lowest BCUT2D eigenvalue weighted by Crippen LogP contribution is -2.52. The first kappa shape index (κ1) is 47.1. The van der Waals surface area contributed by atoms with Gasteiger partial charge in [0.2, 0.25) is 5.84 Å². The fourth-order valence-corrected chi connectivity index (χ4v) is 8.06. The Morgan fingerprint density at radius 2 is 0.720 bits per heavy atom. The summed E-state index contributed by atoms with van der Waals surface area (Å²) in [5.41, 5.74) is 0. The molecule has 3 heteroatoms. The molecule has 0 saturated heterocycles. The van der Waals surface area contributed by atoms with Gasteiger partial charge in [-0.1, -0.05) is 233 Å². The minimum atomic E-state index is 0.419. The van der Waals surface area contributed by atoms with Crippen molar-refractivity contribution >= 4 is 11.7 Å². The zero-order chi connectivity index (χ0) is 36.1. The van der Waals surface area contributed by atoms with Crippen molar-refractivity contribution in [2.45, 2.75) is 271 Å². The van der Waals surface area contributed by atoms with Crippen molar-refractivity contribution in [3.63, 3.8) is 0 Å². The summed E-state index contributed by atoms with van der Waals surface area (Å²) in [6.07, 6.45) is 56.1. The molecule has 0 aromatic heterocycles. The van der Waals surface area contributed by atoms with Crippen molar-refractivity contribution in [2.24, 2.45) is 4.99 Å². The molecule has 0 aromatic rings. The molecular formula is C47H91N2O+. The van der Waals surface area contributed by atoms with E-state index in [0.717, 1.165) is 38.1 Å². The summed E-state index contributed by atoms with van der Waals surface area (Å²) in [6, 6.07) is 0. The minimum absolute atomic E-state index is 0.419. The molecule has 0 saturated carbocycles. The number of carbonyl (C=O) groups excluding carboxylic acids is 1. The second-order valence-electron chi connectivity index (χ2n) is 16.4. The third-order valence-corrected chi connectivity index (χ3v) is 11.6. The second-order valence-corrected chi connectivity index (χ2v) is 16.4. The number of nitrogens with zero attached hydrogens (tertiary/aromatic N) is 2. The van der Waals surface area contributed by atoms with E-state index >= 15 is 0 Å². The van der Waals surface area contributed by atoms with Gasteiger partial charge in [-0.15, -0.1) is 0 Å². The minimum Gasteiger partial charge on any atom is -0.230 e. The Kier molecular flexibility index (Phi) is 34.3. The quantitative estimate of drug-likeness (QED) is 0.0462. The zero-order valence-corrected chi connectivity index (χ0v) is 34.7. The van der Waals surface area contributed by atoms with Crippen molar-refractivity contribution < 1.29 is 9.28 Å². The van der Waals surface area contributed by atoms with Gasteiger partial charge in [-0.25, -0.2) is 9.79 Å². The van der Waals surface area contributed by atoms with Crippen LogP contribution in [0, 0.1) is 0 Å². The van der Waals surface area contributed by atoms with E-state index < -0.39 is 0 Å². The summed E-state index contributed by atoms with van der Waals surface area (Å²) in [4.78, 5) is 18.8. The van der Waals surface area contributed by atoms with Gasteiger partial charge in [-0.05, 0) is 25.7 Å². The first-order chi connectivity index (χ1) is 24.7. The predicted molar refractivity (Wildman–Crippen MR) is 224 cm³/mol. The fourth-order valence-electron chi connectivity index (χ4n) is 8.06. The van der Waals surface area contributed by atoms with Gasteiger partial charge in [-0.2, -0.15) is 4.48 Å². The van der Waals surface area contributed by atoms with E-state index in [1.165, 1.54) is 225 Å². The summed E-state index contributed by atoms with van der Waals surface area (Å²) < 4.78 is 0.452. The number of unbranched alkanes of at least 4 members (excludes halogenated alkanes) is 34. The van der Waals surface area contributed by atoms with Crippen LogP contribution in [0.5, 0.6) is 0 Å². The molecule has 50 heavy (non-hydrogen) atoms. The van der Waals surface area contributed by atoms with E-state index in [4.69, 9.17) is 4.99 Å². The van der Waals surface area contributed by atoms with Crippen LogP contribution in [0.15, 0.2) is 17.4 Å². The van der Waals surface area contributed by atoms with E-state index in [9.17, 15) is 4.79 Å². The summed E-state index contributed by atoms with van der Waals surface area (Å²) in [7, 11) is 0. The van der Waals surface area contributed by atoms with Crippen LogP contribution in [-0.2, 0) is 4.79 Å². The predicted octanol–water partition coefficient (Wildman–Crippen LogP) is 16.5. The number of hydrogen-bond acceptors (Lipinski definition) is 2. The molecule has 0 spiro atoms. The molecule has 1 rings (SSSR count). The van der Waals surface area contributed by atoms with Crippen LogP contribution in [0.1, 0.15) is 271 Å². The summed E-state index contributed by atoms with van der Waals surface area (Å²) in [5.74, 6) is 1.57. The molecule has 1 atom stereocenters. The zero-order valence-electron chi connectivity index (χ0n) is 34.7. The van der Waals surface area contributed by atoms with Gasteiger partial charge in [0.1, 0.15) is 6.20 Å². The topological polar surface area (TPSA) is 29.4 Å². The molecule has 1 unspecified atom stereocenters. The number of amides is 1. The van der Waals surface area contributed by atoms with Gasteiger partial charge in [0.25, 0.3) is 0 Å². The van der Waals surface area contributed by atoms with Crippen LogP contribution in [0.4, 0.5) is 0 Å². The molecule has 0 aliphatic carbocycles. The van der Waals surface area contributed by atoms with E-state index in [1.54, 1.807) is 0 Å². The molecule has 1 aliphatic rings. The summed E-state index contributed by atoms with van der Waals surface area (Å²) >= 11 is 0. The Bertz CT molecular complexity index is 788. The Morgan fingerprint density at radius 1 is 0.420 bits per heavy atom.